The van der Waals surface area contributed by atoms with E-state index in [-0.39, 0.29) is 0 Å². The molecule has 1 N–H and O–H groups in total. The number of hydrogen-bond donors (Lipinski definition) is 1. The molecular formula is C18H28N3+. The van der Waals surface area contributed by atoms with E-state index in [4.69, 9.17) is 0 Å². The molecule has 0 aliphatic carbocycles. The summed E-state index contributed by atoms with van der Waals surface area (Å²) in [5.41, 5.74) is 1.37. The number of rotatable bonds is 10. The van der Waals surface area contributed by atoms with Crippen LogP contribution in [-0.2, 0) is 19.6 Å². The average Bonchev–Trinajstić information content (AvgIpc) is 3.04. The quantitative estimate of drug-likeness (QED) is 0.526. The molecule has 114 valence electrons. The third-order valence-corrected chi connectivity index (χ3v) is 3.84. The molecular weight excluding hydrogens is 258 g/mol. The largest absolute Gasteiger partial charge is 0.354 e. The van der Waals surface area contributed by atoms with Gasteiger partial charge in [-0.3, -0.25) is 0 Å². The maximum Gasteiger partial charge on any atom is 0.169 e. The third kappa shape index (κ3) is 6.13. The van der Waals surface area contributed by atoms with Crippen molar-refractivity contribution in [3.8, 4) is 0 Å². The molecule has 2 rings (SSSR count). The Morgan fingerprint density at radius 2 is 1.71 bits per heavy atom. The molecule has 0 saturated carbocycles. The Morgan fingerprint density at radius 1 is 1.00 bits per heavy atom. The Kier molecular flexibility index (Phi) is 7.02. The third-order valence-electron chi connectivity index (χ3n) is 3.84. The van der Waals surface area contributed by atoms with Gasteiger partial charge < -0.3 is 9.88 Å². The summed E-state index contributed by atoms with van der Waals surface area (Å²) in [6, 6.07) is 8.59. The van der Waals surface area contributed by atoms with Crippen molar-refractivity contribution in [2.45, 2.75) is 52.2 Å². The van der Waals surface area contributed by atoms with Gasteiger partial charge in [0, 0.05) is 37.6 Å². The number of unbranched alkanes of at least 4 members (excludes halogenated alkanes) is 3. The molecule has 0 radical (unpaired) electrons. The van der Waals surface area contributed by atoms with E-state index in [1.54, 1.807) is 0 Å². The van der Waals surface area contributed by atoms with Crippen molar-refractivity contribution < 1.29 is 4.57 Å². The van der Waals surface area contributed by atoms with Gasteiger partial charge in [0.15, 0.2) is 12.4 Å². The molecule has 0 unspecified atom stereocenters. The van der Waals surface area contributed by atoms with Crippen LogP contribution >= 0.6 is 0 Å². The zero-order valence-electron chi connectivity index (χ0n) is 13.2. The predicted octanol–water partition coefficient (Wildman–Crippen LogP) is 3.15. The normalized spacial score (nSPS) is 10.9. The van der Waals surface area contributed by atoms with Crippen LogP contribution in [0.4, 0.5) is 0 Å². The summed E-state index contributed by atoms with van der Waals surface area (Å²) in [4.78, 5) is 0. The number of aryl methyl sites for hydroxylation is 2. The van der Waals surface area contributed by atoms with E-state index < -0.39 is 0 Å². The van der Waals surface area contributed by atoms with Crippen molar-refractivity contribution in [1.82, 2.24) is 9.88 Å². The molecule has 0 aliphatic heterocycles. The van der Waals surface area contributed by atoms with Crippen LogP contribution in [0, 0.1) is 0 Å². The summed E-state index contributed by atoms with van der Waals surface area (Å²) in [7, 11) is 0. The Bertz CT molecular complexity index is 474. The van der Waals surface area contributed by atoms with Crippen molar-refractivity contribution in [3.63, 3.8) is 0 Å². The fraction of sp³-hybridized carbons (Fsp3) is 0.500. The van der Waals surface area contributed by atoms with E-state index in [9.17, 15) is 0 Å². The zero-order valence-corrected chi connectivity index (χ0v) is 13.2. The van der Waals surface area contributed by atoms with E-state index in [0.29, 0.717) is 0 Å². The second-order valence-corrected chi connectivity index (χ2v) is 5.55. The second-order valence-electron chi connectivity index (χ2n) is 5.55. The number of nitrogens with one attached hydrogen (secondary N) is 1. The molecule has 0 spiro atoms. The topological polar surface area (TPSA) is 20.8 Å². The standard InChI is InChI=1S/C18H28N3/c1-2-20-15-9-18(10-16-20)17-19-11-5-3-4-6-12-21-13-7-8-14-21/h7-10,13-16,19H,2-6,11-12,17H2,1H3/q+1. The molecule has 2 aromatic heterocycles. The van der Waals surface area contributed by atoms with Gasteiger partial charge in [0.2, 0.25) is 0 Å². The SMILES string of the molecule is CC[n+]1ccc(CNCCCCCCn2cccc2)cc1. The molecule has 0 amide bonds. The Labute approximate surface area is 128 Å². The Hall–Kier alpha value is -1.61. The van der Waals surface area contributed by atoms with Crippen molar-refractivity contribution in [2.24, 2.45) is 0 Å². The first-order chi connectivity index (χ1) is 10.4. The van der Waals surface area contributed by atoms with Crippen LogP contribution in [0.5, 0.6) is 0 Å². The lowest BCUT2D eigenvalue weighted by atomic mass is 10.2. The lowest BCUT2D eigenvalue weighted by molar-refractivity contribution is -0.693. The lowest BCUT2D eigenvalue weighted by Gasteiger charge is -2.05. The molecule has 0 fully saturated rings. The van der Waals surface area contributed by atoms with Gasteiger partial charge in [0.1, 0.15) is 6.54 Å². The van der Waals surface area contributed by atoms with E-state index in [0.717, 1.165) is 26.2 Å². The number of nitrogens with zero attached hydrogens (tertiary/aromatic N) is 2. The first-order valence-electron chi connectivity index (χ1n) is 8.18. The summed E-state index contributed by atoms with van der Waals surface area (Å²) in [5, 5.41) is 3.53. The van der Waals surface area contributed by atoms with Crippen LogP contribution < -0.4 is 9.88 Å². The molecule has 3 heteroatoms. The summed E-state index contributed by atoms with van der Waals surface area (Å²) in [5.74, 6) is 0. The van der Waals surface area contributed by atoms with Crippen molar-refractivity contribution in [2.75, 3.05) is 6.54 Å². The highest BCUT2D eigenvalue weighted by molar-refractivity contribution is 5.06. The minimum atomic E-state index is 0.980. The van der Waals surface area contributed by atoms with E-state index in [1.165, 1.54) is 31.2 Å². The fourth-order valence-electron chi connectivity index (χ4n) is 2.47. The minimum Gasteiger partial charge on any atom is -0.354 e. The number of hydrogen-bond acceptors (Lipinski definition) is 1. The van der Waals surface area contributed by atoms with Gasteiger partial charge in [0.25, 0.3) is 0 Å². The predicted molar refractivity (Wildman–Crippen MR) is 86.9 cm³/mol. The van der Waals surface area contributed by atoms with E-state index in [2.05, 4.69) is 70.4 Å². The van der Waals surface area contributed by atoms with Gasteiger partial charge in [-0.05, 0) is 44.0 Å². The van der Waals surface area contributed by atoms with Gasteiger partial charge in [-0.15, -0.1) is 0 Å². The maximum absolute atomic E-state index is 3.53. The van der Waals surface area contributed by atoms with E-state index >= 15 is 0 Å². The molecule has 3 nitrogen and oxygen atoms in total. The first kappa shape index (κ1) is 15.8. The van der Waals surface area contributed by atoms with Crippen molar-refractivity contribution in [3.05, 3.63) is 54.6 Å². The molecule has 2 heterocycles. The van der Waals surface area contributed by atoms with Gasteiger partial charge in [-0.2, -0.15) is 0 Å². The average molecular weight is 286 g/mol. The summed E-state index contributed by atoms with van der Waals surface area (Å²) >= 11 is 0. The van der Waals surface area contributed by atoms with E-state index in [1.807, 2.05) is 0 Å². The van der Waals surface area contributed by atoms with Crippen LogP contribution in [0.3, 0.4) is 0 Å². The summed E-state index contributed by atoms with van der Waals surface area (Å²) in [6.07, 6.45) is 13.8. The fourth-order valence-corrected chi connectivity index (χ4v) is 2.47. The zero-order chi connectivity index (χ0) is 14.8. The maximum atomic E-state index is 3.53. The first-order valence-corrected chi connectivity index (χ1v) is 8.18. The number of aromatic nitrogens is 2. The van der Waals surface area contributed by atoms with Gasteiger partial charge in [-0.25, -0.2) is 4.57 Å². The number of pyridine rings is 1. The smallest absolute Gasteiger partial charge is 0.169 e. The van der Waals surface area contributed by atoms with Crippen LogP contribution in [0.25, 0.3) is 0 Å². The molecule has 0 saturated heterocycles. The lowest BCUT2D eigenvalue weighted by Crippen LogP contribution is -2.31. The second kappa shape index (κ2) is 9.35. The van der Waals surface area contributed by atoms with Crippen LogP contribution in [0.2, 0.25) is 0 Å². The molecule has 0 bridgehead atoms. The molecule has 0 aliphatic rings. The van der Waals surface area contributed by atoms with Gasteiger partial charge in [-0.1, -0.05) is 12.8 Å². The Balaban J connectivity index is 1.46. The van der Waals surface area contributed by atoms with Crippen LogP contribution in [-0.4, -0.2) is 11.1 Å². The Morgan fingerprint density at radius 3 is 2.43 bits per heavy atom. The summed E-state index contributed by atoms with van der Waals surface area (Å²) in [6.45, 7) is 6.45. The van der Waals surface area contributed by atoms with Gasteiger partial charge in [0.05, 0.1) is 0 Å². The monoisotopic (exact) mass is 286 g/mol. The van der Waals surface area contributed by atoms with Crippen molar-refractivity contribution >= 4 is 0 Å². The molecule has 2 aromatic rings. The van der Waals surface area contributed by atoms with Crippen molar-refractivity contribution in [1.29, 1.82) is 0 Å². The van der Waals surface area contributed by atoms with Gasteiger partial charge >= 0.3 is 0 Å². The van der Waals surface area contributed by atoms with Crippen LogP contribution in [0.15, 0.2) is 49.1 Å². The highest BCUT2D eigenvalue weighted by Gasteiger charge is 1.97. The highest BCUT2D eigenvalue weighted by Crippen LogP contribution is 2.02. The summed E-state index contributed by atoms with van der Waals surface area (Å²) < 4.78 is 4.45. The highest BCUT2D eigenvalue weighted by atomic mass is 14.9. The molecule has 0 atom stereocenters. The molecule has 0 aromatic carbocycles. The minimum absolute atomic E-state index is 0.980. The molecule has 21 heavy (non-hydrogen) atoms. The van der Waals surface area contributed by atoms with Crippen LogP contribution in [0.1, 0.15) is 38.2 Å².